The van der Waals surface area contributed by atoms with Gasteiger partial charge in [0, 0.05) is 44.1 Å². The van der Waals surface area contributed by atoms with Crippen molar-refractivity contribution >= 4 is 17.4 Å². The summed E-state index contributed by atoms with van der Waals surface area (Å²) in [5, 5.41) is 2.83. The van der Waals surface area contributed by atoms with E-state index < -0.39 is 0 Å². The third kappa shape index (κ3) is 2.85. The number of urea groups is 1. The van der Waals surface area contributed by atoms with Gasteiger partial charge in [0.05, 0.1) is 0 Å². The number of anilines is 2. The van der Waals surface area contributed by atoms with E-state index in [1.54, 1.807) is 0 Å². The van der Waals surface area contributed by atoms with Gasteiger partial charge in [0.2, 0.25) is 0 Å². The number of piperazine rings is 1. The number of nitrogens with zero attached hydrogens (tertiary/aromatic N) is 2. The summed E-state index contributed by atoms with van der Waals surface area (Å²) < 4.78 is 0. The number of carbonyl (C=O) groups is 1. The van der Waals surface area contributed by atoms with Crippen LogP contribution in [0, 0.1) is 0 Å². The smallest absolute Gasteiger partial charge is 0.317 e. The Hall–Kier alpha value is -1.91. The van der Waals surface area contributed by atoms with Crippen LogP contribution in [0.2, 0.25) is 0 Å². The minimum atomic E-state index is 0.0365. The minimum absolute atomic E-state index is 0.0365. The highest BCUT2D eigenvalue weighted by Crippen LogP contribution is 2.17. The van der Waals surface area contributed by atoms with Gasteiger partial charge in [-0.15, -0.1) is 0 Å². The van der Waals surface area contributed by atoms with E-state index in [4.69, 9.17) is 5.73 Å². The monoisotopic (exact) mass is 248 g/mol. The van der Waals surface area contributed by atoms with Crippen molar-refractivity contribution in [1.29, 1.82) is 0 Å². The normalized spacial score (nSPS) is 15.6. The number of benzene rings is 1. The standard InChI is InChI=1S/C13H20N4O/c1-2-15-13(18)17-9-7-16(8-10-17)12-5-3-11(14)4-6-12/h3-6H,2,7-10,14H2,1H3,(H,15,18). The van der Waals surface area contributed by atoms with Crippen LogP contribution < -0.4 is 16.0 Å². The maximum Gasteiger partial charge on any atom is 0.317 e. The summed E-state index contributed by atoms with van der Waals surface area (Å²) in [5.41, 5.74) is 7.62. The topological polar surface area (TPSA) is 61.6 Å². The summed E-state index contributed by atoms with van der Waals surface area (Å²) in [5.74, 6) is 0. The van der Waals surface area contributed by atoms with E-state index in [9.17, 15) is 4.79 Å². The zero-order valence-electron chi connectivity index (χ0n) is 10.7. The molecule has 0 aromatic heterocycles. The lowest BCUT2D eigenvalue weighted by Gasteiger charge is -2.36. The van der Waals surface area contributed by atoms with Crippen LogP contribution in [0.3, 0.4) is 0 Å². The fourth-order valence-corrected chi connectivity index (χ4v) is 2.12. The Labute approximate surface area is 108 Å². The molecule has 18 heavy (non-hydrogen) atoms. The molecule has 1 aliphatic rings. The van der Waals surface area contributed by atoms with Crippen molar-refractivity contribution < 1.29 is 4.79 Å². The maximum absolute atomic E-state index is 11.7. The summed E-state index contributed by atoms with van der Waals surface area (Å²) in [4.78, 5) is 15.8. The van der Waals surface area contributed by atoms with Gasteiger partial charge in [0.1, 0.15) is 0 Å². The first-order valence-corrected chi connectivity index (χ1v) is 6.34. The van der Waals surface area contributed by atoms with Gasteiger partial charge in [-0.3, -0.25) is 0 Å². The number of hydrogen-bond donors (Lipinski definition) is 2. The first kappa shape index (κ1) is 12.5. The van der Waals surface area contributed by atoms with Gasteiger partial charge in [0.25, 0.3) is 0 Å². The molecule has 3 N–H and O–H groups in total. The van der Waals surface area contributed by atoms with Crippen molar-refractivity contribution in [2.24, 2.45) is 0 Å². The van der Waals surface area contributed by atoms with E-state index in [0.717, 1.165) is 31.9 Å². The number of rotatable bonds is 2. The number of amides is 2. The van der Waals surface area contributed by atoms with Crippen molar-refractivity contribution in [2.45, 2.75) is 6.92 Å². The van der Waals surface area contributed by atoms with E-state index in [1.807, 2.05) is 36.1 Å². The number of nitrogens with two attached hydrogens (primary N) is 1. The second-order valence-electron chi connectivity index (χ2n) is 4.40. The highest BCUT2D eigenvalue weighted by atomic mass is 16.2. The molecular formula is C13H20N4O. The van der Waals surface area contributed by atoms with Crippen LogP contribution in [0.1, 0.15) is 6.92 Å². The van der Waals surface area contributed by atoms with Gasteiger partial charge >= 0.3 is 6.03 Å². The van der Waals surface area contributed by atoms with E-state index in [0.29, 0.717) is 6.54 Å². The molecular weight excluding hydrogens is 228 g/mol. The first-order chi connectivity index (χ1) is 8.70. The zero-order valence-corrected chi connectivity index (χ0v) is 10.7. The third-order valence-electron chi connectivity index (χ3n) is 3.15. The lowest BCUT2D eigenvalue weighted by molar-refractivity contribution is 0.195. The highest BCUT2D eigenvalue weighted by Gasteiger charge is 2.20. The maximum atomic E-state index is 11.7. The van der Waals surface area contributed by atoms with E-state index in [1.165, 1.54) is 5.69 Å². The molecule has 1 aromatic rings. The molecule has 1 saturated heterocycles. The SMILES string of the molecule is CCNC(=O)N1CCN(c2ccc(N)cc2)CC1. The van der Waals surface area contributed by atoms with Crippen LogP contribution in [0.25, 0.3) is 0 Å². The lowest BCUT2D eigenvalue weighted by atomic mass is 10.2. The molecule has 1 aliphatic heterocycles. The summed E-state index contributed by atoms with van der Waals surface area (Å²) in [6, 6.07) is 7.90. The van der Waals surface area contributed by atoms with Crippen molar-refractivity contribution in [3.63, 3.8) is 0 Å². The quantitative estimate of drug-likeness (QED) is 0.771. The average Bonchev–Trinajstić information content (AvgIpc) is 2.40. The Balaban J connectivity index is 1.90. The average molecular weight is 248 g/mol. The number of hydrogen-bond acceptors (Lipinski definition) is 3. The molecule has 0 aliphatic carbocycles. The van der Waals surface area contributed by atoms with Gasteiger partial charge in [-0.05, 0) is 31.2 Å². The van der Waals surface area contributed by atoms with Crippen LogP contribution in [-0.4, -0.2) is 43.7 Å². The zero-order chi connectivity index (χ0) is 13.0. The van der Waals surface area contributed by atoms with Crippen LogP contribution in [0.5, 0.6) is 0 Å². The van der Waals surface area contributed by atoms with Crippen LogP contribution in [-0.2, 0) is 0 Å². The Morgan fingerprint density at radius 3 is 2.39 bits per heavy atom. The van der Waals surface area contributed by atoms with Gasteiger partial charge in [-0.25, -0.2) is 4.79 Å². The van der Waals surface area contributed by atoms with Crippen LogP contribution in [0.4, 0.5) is 16.2 Å². The molecule has 0 spiro atoms. The summed E-state index contributed by atoms with van der Waals surface area (Å²) >= 11 is 0. The van der Waals surface area contributed by atoms with Crippen molar-refractivity contribution in [1.82, 2.24) is 10.2 Å². The van der Waals surface area contributed by atoms with Gasteiger partial charge < -0.3 is 20.9 Å². The van der Waals surface area contributed by atoms with Gasteiger partial charge in [0.15, 0.2) is 0 Å². The molecule has 2 rings (SSSR count). The fourth-order valence-electron chi connectivity index (χ4n) is 2.12. The summed E-state index contributed by atoms with van der Waals surface area (Å²) in [6.07, 6.45) is 0. The number of nitrogens with one attached hydrogen (secondary N) is 1. The molecule has 5 nitrogen and oxygen atoms in total. The largest absolute Gasteiger partial charge is 0.399 e. The fraction of sp³-hybridized carbons (Fsp3) is 0.462. The Morgan fingerprint density at radius 2 is 1.83 bits per heavy atom. The van der Waals surface area contributed by atoms with Gasteiger partial charge in [-0.2, -0.15) is 0 Å². The Kier molecular flexibility index (Phi) is 3.92. The Morgan fingerprint density at radius 1 is 1.22 bits per heavy atom. The molecule has 1 heterocycles. The van der Waals surface area contributed by atoms with E-state index in [2.05, 4.69) is 10.2 Å². The second-order valence-corrected chi connectivity index (χ2v) is 4.40. The molecule has 0 bridgehead atoms. The molecule has 98 valence electrons. The molecule has 1 aromatic carbocycles. The van der Waals surface area contributed by atoms with Gasteiger partial charge in [-0.1, -0.05) is 0 Å². The summed E-state index contributed by atoms with van der Waals surface area (Å²) in [6.45, 7) is 5.86. The number of carbonyl (C=O) groups excluding carboxylic acids is 1. The molecule has 0 radical (unpaired) electrons. The minimum Gasteiger partial charge on any atom is -0.399 e. The second kappa shape index (κ2) is 5.62. The highest BCUT2D eigenvalue weighted by molar-refractivity contribution is 5.74. The predicted molar refractivity (Wildman–Crippen MR) is 73.7 cm³/mol. The van der Waals surface area contributed by atoms with Crippen molar-refractivity contribution in [3.8, 4) is 0 Å². The molecule has 0 atom stereocenters. The molecule has 2 amide bonds. The first-order valence-electron chi connectivity index (χ1n) is 6.34. The predicted octanol–water partition coefficient (Wildman–Crippen LogP) is 1.12. The van der Waals surface area contributed by atoms with Crippen LogP contribution >= 0.6 is 0 Å². The van der Waals surface area contributed by atoms with E-state index >= 15 is 0 Å². The van der Waals surface area contributed by atoms with Crippen LogP contribution in [0.15, 0.2) is 24.3 Å². The molecule has 5 heteroatoms. The van der Waals surface area contributed by atoms with E-state index in [-0.39, 0.29) is 6.03 Å². The van der Waals surface area contributed by atoms with Crippen molar-refractivity contribution in [2.75, 3.05) is 43.4 Å². The summed E-state index contributed by atoms with van der Waals surface area (Å²) in [7, 11) is 0. The third-order valence-corrected chi connectivity index (χ3v) is 3.15. The van der Waals surface area contributed by atoms with Crippen molar-refractivity contribution in [3.05, 3.63) is 24.3 Å². The Bertz CT molecular complexity index is 396. The molecule has 1 fully saturated rings. The molecule has 0 saturated carbocycles. The lowest BCUT2D eigenvalue weighted by Crippen LogP contribution is -2.51. The number of nitrogen functional groups attached to an aromatic ring is 1. The molecule has 0 unspecified atom stereocenters.